The fraction of sp³-hybridized carbons (Fsp3) is 0.750. The standard InChI is InChI=1S/C24H40N4O3.HI/c1-3-25-24(28-14-12-21(13-15-28)30-17-7-16-29-2)27-19-20-10-11-23(26-18-20)31-22-8-5-4-6-9-22;/h10-11,18,21-22H,3-9,12-17,19H2,1-2H3,(H,25,27);1H. The van der Waals surface area contributed by atoms with Gasteiger partial charge in [0, 0.05) is 52.2 Å². The van der Waals surface area contributed by atoms with Crippen molar-refractivity contribution >= 4 is 29.9 Å². The molecule has 1 aromatic rings. The van der Waals surface area contributed by atoms with Crippen molar-refractivity contribution in [1.29, 1.82) is 0 Å². The van der Waals surface area contributed by atoms with E-state index in [2.05, 4.69) is 28.2 Å². The van der Waals surface area contributed by atoms with E-state index < -0.39 is 0 Å². The van der Waals surface area contributed by atoms with E-state index in [0.717, 1.165) is 82.4 Å². The molecule has 3 rings (SSSR count). The number of guanidine groups is 1. The van der Waals surface area contributed by atoms with Gasteiger partial charge in [0.15, 0.2) is 5.96 Å². The first-order valence-corrected chi connectivity index (χ1v) is 12.0. The second-order valence-electron chi connectivity index (χ2n) is 8.46. The van der Waals surface area contributed by atoms with Crippen molar-refractivity contribution in [3.63, 3.8) is 0 Å². The molecule has 0 amide bonds. The van der Waals surface area contributed by atoms with Crippen LogP contribution >= 0.6 is 24.0 Å². The second kappa shape index (κ2) is 15.7. The molecule has 7 nitrogen and oxygen atoms in total. The van der Waals surface area contributed by atoms with Crippen LogP contribution in [0.1, 0.15) is 63.9 Å². The Morgan fingerprint density at radius 2 is 1.88 bits per heavy atom. The first-order valence-electron chi connectivity index (χ1n) is 12.0. The summed E-state index contributed by atoms with van der Waals surface area (Å²) in [7, 11) is 1.73. The van der Waals surface area contributed by atoms with Gasteiger partial charge < -0.3 is 24.4 Å². The maximum Gasteiger partial charge on any atom is 0.213 e. The lowest BCUT2D eigenvalue weighted by Crippen LogP contribution is -2.47. The lowest BCUT2D eigenvalue weighted by molar-refractivity contribution is 0.00990. The van der Waals surface area contributed by atoms with E-state index >= 15 is 0 Å². The highest BCUT2D eigenvalue weighted by Crippen LogP contribution is 2.22. The topological polar surface area (TPSA) is 68.2 Å². The Hall–Kier alpha value is -1.13. The van der Waals surface area contributed by atoms with Gasteiger partial charge in [0.25, 0.3) is 0 Å². The normalized spacial score (nSPS) is 18.3. The third-order valence-corrected chi connectivity index (χ3v) is 5.97. The molecule has 0 spiro atoms. The number of methoxy groups -OCH3 is 1. The number of aliphatic imine (C=N–C) groups is 1. The molecule has 0 unspecified atom stereocenters. The van der Waals surface area contributed by atoms with Crippen molar-refractivity contribution in [2.45, 2.75) is 77.0 Å². The number of hydrogen-bond acceptors (Lipinski definition) is 5. The zero-order chi connectivity index (χ0) is 21.7. The summed E-state index contributed by atoms with van der Waals surface area (Å²) < 4.78 is 17.1. The van der Waals surface area contributed by atoms with E-state index in [1.807, 2.05) is 12.3 Å². The van der Waals surface area contributed by atoms with Gasteiger partial charge in [-0.15, -0.1) is 24.0 Å². The zero-order valence-electron chi connectivity index (χ0n) is 19.8. The van der Waals surface area contributed by atoms with Crippen LogP contribution in [-0.4, -0.2) is 68.0 Å². The first-order chi connectivity index (χ1) is 15.3. The van der Waals surface area contributed by atoms with Gasteiger partial charge in [-0.2, -0.15) is 0 Å². The minimum absolute atomic E-state index is 0. The summed E-state index contributed by atoms with van der Waals surface area (Å²) >= 11 is 0. The maximum absolute atomic E-state index is 6.03. The molecule has 1 saturated carbocycles. The van der Waals surface area contributed by atoms with Crippen molar-refractivity contribution in [2.24, 2.45) is 4.99 Å². The van der Waals surface area contributed by atoms with Gasteiger partial charge in [0.2, 0.25) is 5.88 Å². The molecule has 182 valence electrons. The van der Waals surface area contributed by atoms with Crippen LogP contribution in [0.5, 0.6) is 5.88 Å². The predicted octanol–water partition coefficient (Wildman–Crippen LogP) is 4.39. The van der Waals surface area contributed by atoms with Gasteiger partial charge >= 0.3 is 0 Å². The third kappa shape index (κ3) is 9.39. The number of halogens is 1. The number of aromatic nitrogens is 1. The molecule has 0 radical (unpaired) electrons. The van der Waals surface area contributed by atoms with Gasteiger partial charge in [-0.05, 0) is 57.4 Å². The Kier molecular flexibility index (Phi) is 13.3. The summed E-state index contributed by atoms with van der Waals surface area (Å²) in [5.74, 6) is 1.71. The number of nitrogens with zero attached hydrogens (tertiary/aromatic N) is 3. The number of nitrogens with one attached hydrogen (secondary N) is 1. The fourth-order valence-electron chi connectivity index (χ4n) is 4.21. The lowest BCUT2D eigenvalue weighted by atomic mass is 9.98. The second-order valence-corrected chi connectivity index (χ2v) is 8.46. The average Bonchev–Trinajstić information content (AvgIpc) is 2.82. The van der Waals surface area contributed by atoms with Crippen LogP contribution in [0.2, 0.25) is 0 Å². The monoisotopic (exact) mass is 560 g/mol. The summed E-state index contributed by atoms with van der Waals surface area (Å²) in [6, 6.07) is 4.07. The van der Waals surface area contributed by atoms with Crippen molar-refractivity contribution in [2.75, 3.05) is 40.0 Å². The van der Waals surface area contributed by atoms with Crippen LogP contribution in [0.3, 0.4) is 0 Å². The summed E-state index contributed by atoms with van der Waals surface area (Å²) in [5, 5.41) is 3.44. The fourth-order valence-corrected chi connectivity index (χ4v) is 4.21. The highest BCUT2D eigenvalue weighted by atomic mass is 127. The largest absolute Gasteiger partial charge is 0.474 e. The van der Waals surface area contributed by atoms with E-state index in [1.54, 1.807) is 7.11 Å². The molecule has 1 aromatic heterocycles. The summed E-state index contributed by atoms with van der Waals surface area (Å²) in [5.41, 5.74) is 1.10. The van der Waals surface area contributed by atoms with E-state index in [4.69, 9.17) is 19.2 Å². The van der Waals surface area contributed by atoms with Gasteiger partial charge in [-0.25, -0.2) is 9.98 Å². The molecule has 0 aromatic carbocycles. The number of hydrogen-bond donors (Lipinski definition) is 1. The Balaban J connectivity index is 0.00000363. The van der Waals surface area contributed by atoms with Gasteiger partial charge in [0.1, 0.15) is 6.10 Å². The Labute approximate surface area is 210 Å². The molecule has 0 atom stereocenters. The molecule has 1 N–H and O–H groups in total. The lowest BCUT2D eigenvalue weighted by Gasteiger charge is -2.34. The number of piperidine rings is 1. The highest BCUT2D eigenvalue weighted by Gasteiger charge is 2.22. The summed E-state index contributed by atoms with van der Waals surface area (Å²) in [6.45, 7) is 7.06. The predicted molar refractivity (Wildman–Crippen MR) is 139 cm³/mol. The first kappa shape index (κ1) is 27.1. The Bertz CT molecular complexity index is 645. The van der Waals surface area contributed by atoms with Crippen LogP contribution in [0.25, 0.3) is 0 Å². The van der Waals surface area contributed by atoms with Crippen molar-refractivity contribution in [3.05, 3.63) is 23.9 Å². The molecule has 32 heavy (non-hydrogen) atoms. The third-order valence-electron chi connectivity index (χ3n) is 5.97. The molecule has 1 aliphatic carbocycles. The van der Waals surface area contributed by atoms with Crippen LogP contribution < -0.4 is 10.1 Å². The molecule has 2 aliphatic rings. The molecular weight excluding hydrogens is 519 g/mol. The maximum atomic E-state index is 6.03. The number of rotatable bonds is 10. The van der Waals surface area contributed by atoms with Gasteiger partial charge in [-0.1, -0.05) is 12.5 Å². The van der Waals surface area contributed by atoms with Crippen LogP contribution in [0.15, 0.2) is 23.3 Å². The number of likely N-dealkylation sites (tertiary alicyclic amines) is 1. The van der Waals surface area contributed by atoms with E-state index in [-0.39, 0.29) is 24.0 Å². The van der Waals surface area contributed by atoms with Crippen molar-refractivity contribution in [3.8, 4) is 5.88 Å². The molecule has 8 heteroatoms. The van der Waals surface area contributed by atoms with Crippen molar-refractivity contribution < 1.29 is 14.2 Å². The van der Waals surface area contributed by atoms with E-state index in [9.17, 15) is 0 Å². The minimum Gasteiger partial charge on any atom is -0.474 e. The van der Waals surface area contributed by atoms with Crippen LogP contribution in [0.4, 0.5) is 0 Å². The van der Waals surface area contributed by atoms with Gasteiger partial charge in [0.05, 0.1) is 12.6 Å². The van der Waals surface area contributed by atoms with E-state index in [1.165, 1.54) is 19.3 Å². The van der Waals surface area contributed by atoms with E-state index in [0.29, 0.717) is 18.8 Å². The number of pyridine rings is 1. The van der Waals surface area contributed by atoms with Gasteiger partial charge in [-0.3, -0.25) is 0 Å². The molecule has 0 bridgehead atoms. The minimum atomic E-state index is 0. The Morgan fingerprint density at radius 1 is 1.09 bits per heavy atom. The van der Waals surface area contributed by atoms with Crippen LogP contribution in [0, 0.1) is 0 Å². The molecule has 2 fully saturated rings. The highest BCUT2D eigenvalue weighted by molar-refractivity contribution is 14.0. The van der Waals surface area contributed by atoms with Crippen LogP contribution in [-0.2, 0) is 16.0 Å². The molecule has 1 aliphatic heterocycles. The summed E-state index contributed by atoms with van der Waals surface area (Å²) in [6.07, 6.45) is 11.8. The zero-order valence-corrected chi connectivity index (χ0v) is 22.1. The summed E-state index contributed by atoms with van der Waals surface area (Å²) in [4.78, 5) is 11.7. The Morgan fingerprint density at radius 3 is 2.53 bits per heavy atom. The quantitative estimate of drug-likeness (QED) is 0.198. The SMILES string of the molecule is CCNC(=NCc1ccc(OC2CCCCC2)nc1)N1CCC(OCCCOC)CC1.I. The molecule has 1 saturated heterocycles. The average molecular weight is 561 g/mol. The smallest absolute Gasteiger partial charge is 0.213 e. The number of ether oxygens (including phenoxy) is 3. The molecule has 2 heterocycles. The molecular formula is C24H41IN4O3. The van der Waals surface area contributed by atoms with Crippen molar-refractivity contribution in [1.82, 2.24) is 15.2 Å².